The molecule has 0 aromatic rings. The molecule has 0 aromatic heterocycles. The average Bonchev–Trinajstić information content (AvgIpc) is 2.77. The molecular formula is C11H18O4S. The third-order valence-corrected chi connectivity index (χ3v) is 6.04. The molecule has 3 heterocycles. The molecule has 0 spiro atoms. The fraction of sp³-hybridized carbons (Fsp3) is 1.00. The van der Waals surface area contributed by atoms with Crippen LogP contribution in [-0.2, 0) is 20.3 Å². The smallest absolute Gasteiger partial charge is 0.160 e. The summed E-state index contributed by atoms with van der Waals surface area (Å²) in [4.78, 5) is 0. The third-order valence-electron chi connectivity index (χ3n) is 3.92. The predicted molar refractivity (Wildman–Crippen MR) is 59.4 cm³/mol. The summed E-state index contributed by atoms with van der Waals surface area (Å²) in [6, 6.07) is 0. The molecule has 1 N–H and O–H groups in total. The van der Waals surface area contributed by atoms with Crippen molar-refractivity contribution in [3.63, 3.8) is 0 Å². The highest BCUT2D eigenvalue weighted by atomic mass is 32.2. The zero-order valence-corrected chi connectivity index (χ0v) is 10.1. The van der Waals surface area contributed by atoms with E-state index < -0.39 is 16.4 Å². The van der Waals surface area contributed by atoms with Crippen LogP contribution in [-0.4, -0.2) is 44.9 Å². The van der Waals surface area contributed by atoms with Crippen molar-refractivity contribution in [2.24, 2.45) is 0 Å². The standard InChI is InChI=1S/C11H18O4S/c12-11(7-10-14-3-4-15-10)5-8-1-2-9(6-11)16(8)13/h8-10,12H,1-7H2. The van der Waals surface area contributed by atoms with E-state index in [2.05, 4.69) is 0 Å². The van der Waals surface area contributed by atoms with E-state index in [0.29, 0.717) is 32.5 Å². The Kier molecular flexibility index (Phi) is 2.82. The first-order valence-electron chi connectivity index (χ1n) is 6.01. The highest BCUT2D eigenvalue weighted by Gasteiger charge is 2.48. The Morgan fingerprint density at radius 3 is 2.31 bits per heavy atom. The van der Waals surface area contributed by atoms with E-state index in [-0.39, 0.29) is 16.8 Å². The predicted octanol–water partition coefficient (Wildman–Crippen LogP) is 0.554. The summed E-state index contributed by atoms with van der Waals surface area (Å²) in [7, 11) is -0.710. The average molecular weight is 246 g/mol. The van der Waals surface area contributed by atoms with Crippen LogP contribution < -0.4 is 0 Å². The minimum absolute atomic E-state index is 0.199. The zero-order chi connectivity index (χ0) is 11.2. The van der Waals surface area contributed by atoms with Gasteiger partial charge in [-0.3, -0.25) is 4.21 Å². The first-order chi connectivity index (χ1) is 7.66. The fourth-order valence-corrected chi connectivity index (χ4v) is 5.41. The fourth-order valence-electron chi connectivity index (χ4n) is 3.18. The third kappa shape index (κ3) is 1.94. The summed E-state index contributed by atoms with van der Waals surface area (Å²) in [5.41, 5.74) is -0.714. The number of hydrogen-bond donors (Lipinski definition) is 1. The molecule has 3 aliphatic heterocycles. The van der Waals surface area contributed by atoms with Gasteiger partial charge in [-0.05, 0) is 25.7 Å². The Balaban J connectivity index is 1.67. The number of aliphatic hydroxyl groups is 1. The molecule has 2 bridgehead atoms. The van der Waals surface area contributed by atoms with Gasteiger partial charge in [0.25, 0.3) is 0 Å². The summed E-state index contributed by atoms with van der Waals surface area (Å²) < 4.78 is 22.6. The van der Waals surface area contributed by atoms with Gasteiger partial charge in [0.05, 0.1) is 18.8 Å². The molecule has 0 saturated carbocycles. The van der Waals surface area contributed by atoms with Crippen LogP contribution in [0.2, 0.25) is 0 Å². The Bertz CT molecular complexity index is 284. The van der Waals surface area contributed by atoms with Gasteiger partial charge in [-0.2, -0.15) is 0 Å². The van der Waals surface area contributed by atoms with Crippen LogP contribution >= 0.6 is 0 Å². The van der Waals surface area contributed by atoms with E-state index in [1.165, 1.54) is 0 Å². The van der Waals surface area contributed by atoms with Crippen molar-refractivity contribution in [1.82, 2.24) is 0 Å². The number of rotatable bonds is 2. The van der Waals surface area contributed by atoms with E-state index in [0.717, 1.165) is 12.8 Å². The maximum atomic E-state index is 11.9. The van der Waals surface area contributed by atoms with E-state index >= 15 is 0 Å². The van der Waals surface area contributed by atoms with E-state index in [1.807, 2.05) is 0 Å². The van der Waals surface area contributed by atoms with E-state index in [1.54, 1.807) is 0 Å². The molecule has 4 nitrogen and oxygen atoms in total. The van der Waals surface area contributed by atoms with Crippen molar-refractivity contribution < 1.29 is 18.8 Å². The van der Waals surface area contributed by atoms with Crippen LogP contribution in [0.4, 0.5) is 0 Å². The zero-order valence-electron chi connectivity index (χ0n) is 9.26. The van der Waals surface area contributed by atoms with Crippen LogP contribution in [0.25, 0.3) is 0 Å². The van der Waals surface area contributed by atoms with Crippen LogP contribution in [0.1, 0.15) is 32.1 Å². The van der Waals surface area contributed by atoms with Gasteiger partial charge < -0.3 is 14.6 Å². The van der Waals surface area contributed by atoms with Crippen molar-refractivity contribution in [3.8, 4) is 0 Å². The second-order valence-corrected chi connectivity index (χ2v) is 7.15. The van der Waals surface area contributed by atoms with Crippen molar-refractivity contribution in [1.29, 1.82) is 0 Å². The van der Waals surface area contributed by atoms with E-state index in [4.69, 9.17) is 9.47 Å². The van der Waals surface area contributed by atoms with E-state index in [9.17, 15) is 9.32 Å². The molecule has 3 fully saturated rings. The molecule has 0 amide bonds. The lowest BCUT2D eigenvalue weighted by Crippen LogP contribution is -2.44. The minimum atomic E-state index is -0.714. The highest BCUT2D eigenvalue weighted by Crippen LogP contribution is 2.43. The molecule has 0 radical (unpaired) electrons. The van der Waals surface area contributed by atoms with Gasteiger partial charge in [0, 0.05) is 27.7 Å². The Morgan fingerprint density at radius 2 is 1.75 bits per heavy atom. The normalized spacial score (nSPS) is 48.7. The maximum Gasteiger partial charge on any atom is 0.160 e. The Labute approximate surface area is 97.8 Å². The molecule has 16 heavy (non-hydrogen) atoms. The van der Waals surface area contributed by atoms with Gasteiger partial charge in [-0.25, -0.2) is 0 Å². The molecule has 2 unspecified atom stereocenters. The van der Waals surface area contributed by atoms with Crippen molar-refractivity contribution in [3.05, 3.63) is 0 Å². The molecule has 0 aromatic carbocycles. The van der Waals surface area contributed by atoms with Gasteiger partial charge in [0.1, 0.15) is 0 Å². The van der Waals surface area contributed by atoms with Crippen LogP contribution in [0, 0.1) is 0 Å². The maximum absolute atomic E-state index is 11.9. The van der Waals surface area contributed by atoms with Crippen LogP contribution in [0.5, 0.6) is 0 Å². The molecule has 5 heteroatoms. The first-order valence-corrected chi connectivity index (χ1v) is 7.29. The second-order valence-electron chi connectivity index (χ2n) is 5.16. The van der Waals surface area contributed by atoms with Gasteiger partial charge in [0.2, 0.25) is 0 Å². The molecule has 3 saturated heterocycles. The summed E-state index contributed by atoms with van der Waals surface area (Å²) in [5, 5.41) is 10.9. The molecule has 2 atom stereocenters. The van der Waals surface area contributed by atoms with Crippen molar-refractivity contribution >= 4 is 10.8 Å². The second kappa shape index (κ2) is 4.05. The van der Waals surface area contributed by atoms with Crippen LogP contribution in [0.3, 0.4) is 0 Å². The quantitative estimate of drug-likeness (QED) is 0.773. The largest absolute Gasteiger partial charge is 0.390 e. The SMILES string of the molecule is O=S1C2CCC1CC(O)(CC1OCCO1)C2. The molecule has 3 aliphatic rings. The summed E-state index contributed by atoms with van der Waals surface area (Å²) in [6.07, 6.45) is 3.60. The van der Waals surface area contributed by atoms with Gasteiger partial charge in [-0.1, -0.05) is 0 Å². The molecular weight excluding hydrogens is 228 g/mol. The topological polar surface area (TPSA) is 55.8 Å². The lowest BCUT2D eigenvalue weighted by molar-refractivity contribution is -0.107. The summed E-state index contributed by atoms with van der Waals surface area (Å²) >= 11 is 0. The van der Waals surface area contributed by atoms with Gasteiger partial charge in [-0.15, -0.1) is 0 Å². The van der Waals surface area contributed by atoms with Crippen LogP contribution in [0.15, 0.2) is 0 Å². The Morgan fingerprint density at radius 1 is 1.19 bits per heavy atom. The minimum Gasteiger partial charge on any atom is -0.390 e. The Hall–Kier alpha value is 0.0300. The number of fused-ring (bicyclic) bond motifs is 2. The molecule has 92 valence electrons. The van der Waals surface area contributed by atoms with Gasteiger partial charge >= 0.3 is 0 Å². The summed E-state index contributed by atoms with van der Waals surface area (Å²) in [5.74, 6) is 0. The number of hydrogen-bond acceptors (Lipinski definition) is 4. The van der Waals surface area contributed by atoms with Gasteiger partial charge in [0.15, 0.2) is 6.29 Å². The first kappa shape index (κ1) is 11.1. The summed E-state index contributed by atoms with van der Waals surface area (Å²) in [6.45, 7) is 1.25. The monoisotopic (exact) mass is 246 g/mol. The van der Waals surface area contributed by atoms with Crippen molar-refractivity contribution in [2.45, 2.75) is 54.5 Å². The number of ether oxygens (including phenoxy) is 2. The lowest BCUT2D eigenvalue weighted by Gasteiger charge is -2.36. The lowest BCUT2D eigenvalue weighted by atomic mass is 9.90. The highest BCUT2D eigenvalue weighted by molar-refractivity contribution is 7.86. The van der Waals surface area contributed by atoms with Crippen molar-refractivity contribution in [2.75, 3.05) is 13.2 Å². The molecule has 3 rings (SSSR count). The molecule has 0 aliphatic carbocycles.